The minimum absolute atomic E-state index is 0.128. The van der Waals surface area contributed by atoms with E-state index in [1.165, 1.54) is 6.20 Å². The van der Waals surface area contributed by atoms with Crippen LogP contribution in [-0.2, 0) is 11.3 Å². The maximum atomic E-state index is 12.2. The molecular weight excluding hydrogens is 292 g/mol. The molecule has 0 aliphatic carbocycles. The Labute approximate surface area is 126 Å². The number of hydrogen-bond acceptors (Lipinski definition) is 6. The van der Waals surface area contributed by atoms with Crippen LogP contribution in [-0.4, -0.2) is 65.5 Å². The fraction of sp³-hybridized carbons (Fsp3) is 0.615. The van der Waals surface area contributed by atoms with E-state index in [1.807, 2.05) is 0 Å². The fourth-order valence-electron chi connectivity index (χ4n) is 2.42. The summed E-state index contributed by atoms with van der Waals surface area (Å²) in [6.07, 6.45) is 1.39. The molecule has 1 saturated heterocycles. The van der Waals surface area contributed by atoms with Crippen LogP contribution < -0.4 is 10.9 Å². The predicted molar refractivity (Wildman–Crippen MR) is 78.8 cm³/mol. The van der Waals surface area contributed by atoms with Crippen LogP contribution in [0.5, 0.6) is 0 Å². The van der Waals surface area contributed by atoms with Gasteiger partial charge in [-0.05, 0) is 0 Å². The van der Waals surface area contributed by atoms with E-state index in [9.17, 15) is 9.59 Å². The van der Waals surface area contributed by atoms with Crippen LogP contribution in [0.2, 0.25) is 0 Å². The Morgan fingerprint density at radius 3 is 3.00 bits per heavy atom. The maximum absolute atomic E-state index is 12.2. The number of fused-ring (bicyclic) bond motifs is 1. The van der Waals surface area contributed by atoms with E-state index in [4.69, 9.17) is 4.74 Å². The number of nitrogens with zero attached hydrogens (tertiary/aromatic N) is 3. The van der Waals surface area contributed by atoms with Crippen LogP contribution >= 0.6 is 11.8 Å². The highest BCUT2D eigenvalue weighted by atomic mass is 32.2. The van der Waals surface area contributed by atoms with Crippen molar-refractivity contribution in [1.82, 2.24) is 19.8 Å². The van der Waals surface area contributed by atoms with Crippen molar-refractivity contribution in [3.8, 4) is 0 Å². The normalized spacial score (nSPS) is 18.5. The van der Waals surface area contributed by atoms with Crippen LogP contribution in [0.15, 0.2) is 16.1 Å². The van der Waals surface area contributed by atoms with Gasteiger partial charge in [-0.15, -0.1) is 0 Å². The van der Waals surface area contributed by atoms with Gasteiger partial charge in [0.1, 0.15) is 5.56 Å². The Kier molecular flexibility index (Phi) is 4.57. The molecule has 0 spiro atoms. The molecule has 1 aromatic heterocycles. The highest BCUT2D eigenvalue weighted by Crippen LogP contribution is 2.20. The molecule has 1 fully saturated rings. The van der Waals surface area contributed by atoms with Gasteiger partial charge in [-0.3, -0.25) is 19.1 Å². The number of nitrogens with one attached hydrogen (secondary N) is 1. The van der Waals surface area contributed by atoms with Gasteiger partial charge in [-0.25, -0.2) is 4.98 Å². The van der Waals surface area contributed by atoms with Gasteiger partial charge in [0.15, 0.2) is 5.16 Å². The molecule has 0 unspecified atom stereocenters. The molecule has 3 rings (SSSR count). The Bertz CT molecular complexity index is 583. The van der Waals surface area contributed by atoms with E-state index < -0.39 is 0 Å². The van der Waals surface area contributed by atoms with Gasteiger partial charge in [0, 0.05) is 44.7 Å². The third kappa shape index (κ3) is 3.28. The Hall–Kier alpha value is -1.38. The van der Waals surface area contributed by atoms with Crippen molar-refractivity contribution < 1.29 is 9.53 Å². The molecule has 1 amide bonds. The van der Waals surface area contributed by atoms with E-state index >= 15 is 0 Å². The van der Waals surface area contributed by atoms with Crippen LogP contribution in [0.25, 0.3) is 0 Å². The largest absolute Gasteiger partial charge is 0.379 e. The second kappa shape index (κ2) is 6.59. The molecular formula is C13H18N4O3S. The Balaban J connectivity index is 1.57. The van der Waals surface area contributed by atoms with Gasteiger partial charge in [-0.1, -0.05) is 11.8 Å². The lowest BCUT2D eigenvalue weighted by Gasteiger charge is -2.26. The van der Waals surface area contributed by atoms with Crippen molar-refractivity contribution in [2.75, 3.05) is 45.1 Å². The van der Waals surface area contributed by atoms with E-state index in [1.54, 1.807) is 16.3 Å². The summed E-state index contributed by atoms with van der Waals surface area (Å²) in [5.74, 6) is 0.498. The lowest BCUT2D eigenvalue weighted by atomic mass is 10.3. The summed E-state index contributed by atoms with van der Waals surface area (Å²) in [6, 6.07) is 0. The van der Waals surface area contributed by atoms with Crippen molar-refractivity contribution in [3.63, 3.8) is 0 Å². The van der Waals surface area contributed by atoms with Crippen LogP contribution in [0, 0.1) is 0 Å². The molecule has 114 valence electrons. The number of carbonyl (C=O) groups excluding carboxylic acids is 1. The molecule has 1 N–H and O–H groups in total. The first-order valence-corrected chi connectivity index (χ1v) is 8.05. The topological polar surface area (TPSA) is 76.5 Å². The van der Waals surface area contributed by atoms with Crippen LogP contribution in [0.4, 0.5) is 0 Å². The number of thioether (sulfide) groups is 1. The van der Waals surface area contributed by atoms with E-state index in [0.717, 1.165) is 38.6 Å². The number of ether oxygens (including phenoxy) is 1. The number of rotatable bonds is 4. The molecule has 0 aromatic carbocycles. The Morgan fingerprint density at radius 2 is 2.19 bits per heavy atom. The van der Waals surface area contributed by atoms with Crippen LogP contribution in [0.1, 0.15) is 10.4 Å². The number of aromatic nitrogens is 2. The standard InChI is InChI=1S/C13H18N4O3S/c18-11(14-1-2-16-3-6-20-7-4-16)10-9-15-13-17(12(10)19)5-8-21-13/h9H,1-8H2,(H,14,18). The fourth-order valence-corrected chi connectivity index (χ4v) is 3.33. The van der Waals surface area contributed by atoms with E-state index in [-0.39, 0.29) is 17.0 Å². The smallest absolute Gasteiger partial charge is 0.267 e. The summed E-state index contributed by atoms with van der Waals surface area (Å²) in [4.78, 5) is 30.7. The SMILES string of the molecule is O=C(NCCN1CCOCC1)c1cnc2n(c1=O)CCS2. The average molecular weight is 310 g/mol. The summed E-state index contributed by atoms with van der Waals surface area (Å²) in [7, 11) is 0. The van der Waals surface area contributed by atoms with Gasteiger partial charge < -0.3 is 10.1 Å². The maximum Gasteiger partial charge on any atom is 0.267 e. The molecule has 7 nitrogen and oxygen atoms in total. The molecule has 8 heteroatoms. The molecule has 3 heterocycles. The first-order chi connectivity index (χ1) is 10.3. The first kappa shape index (κ1) is 14.6. The molecule has 2 aliphatic heterocycles. The Morgan fingerprint density at radius 1 is 1.38 bits per heavy atom. The lowest BCUT2D eigenvalue weighted by molar-refractivity contribution is 0.0383. The second-order valence-electron chi connectivity index (χ2n) is 4.97. The second-order valence-corrected chi connectivity index (χ2v) is 6.03. The zero-order valence-electron chi connectivity index (χ0n) is 11.7. The van der Waals surface area contributed by atoms with Gasteiger partial charge >= 0.3 is 0 Å². The number of carbonyl (C=O) groups is 1. The van der Waals surface area contributed by atoms with Crippen molar-refractivity contribution in [1.29, 1.82) is 0 Å². The summed E-state index contributed by atoms with van der Waals surface area (Å²) >= 11 is 1.54. The van der Waals surface area contributed by atoms with Crippen LogP contribution in [0.3, 0.4) is 0 Å². The number of amides is 1. The molecule has 0 saturated carbocycles. The summed E-state index contributed by atoms with van der Waals surface area (Å²) in [5.41, 5.74) is -0.114. The van der Waals surface area contributed by atoms with Gasteiger partial charge in [-0.2, -0.15) is 0 Å². The van der Waals surface area contributed by atoms with Gasteiger partial charge in [0.25, 0.3) is 11.5 Å². The van der Waals surface area contributed by atoms with Crippen molar-refractivity contribution in [3.05, 3.63) is 22.1 Å². The zero-order valence-corrected chi connectivity index (χ0v) is 12.5. The summed E-state index contributed by atoms with van der Waals surface area (Å²) in [6.45, 7) is 5.16. The van der Waals surface area contributed by atoms with Gasteiger partial charge in [0.05, 0.1) is 13.2 Å². The third-order valence-electron chi connectivity index (χ3n) is 3.62. The van der Waals surface area contributed by atoms with Crippen molar-refractivity contribution in [2.24, 2.45) is 0 Å². The number of morpholine rings is 1. The molecule has 2 aliphatic rings. The monoisotopic (exact) mass is 310 g/mol. The molecule has 0 bridgehead atoms. The minimum atomic E-state index is -0.340. The lowest BCUT2D eigenvalue weighted by Crippen LogP contribution is -2.42. The average Bonchev–Trinajstić information content (AvgIpc) is 2.98. The molecule has 21 heavy (non-hydrogen) atoms. The van der Waals surface area contributed by atoms with Gasteiger partial charge in [0.2, 0.25) is 0 Å². The number of hydrogen-bond donors (Lipinski definition) is 1. The van der Waals surface area contributed by atoms with E-state index in [0.29, 0.717) is 18.2 Å². The molecule has 1 aromatic rings. The van der Waals surface area contributed by atoms with Crippen molar-refractivity contribution in [2.45, 2.75) is 11.7 Å². The summed E-state index contributed by atoms with van der Waals surface area (Å²) in [5, 5.41) is 3.50. The highest BCUT2D eigenvalue weighted by Gasteiger charge is 2.20. The van der Waals surface area contributed by atoms with Crippen molar-refractivity contribution >= 4 is 17.7 Å². The molecule has 0 radical (unpaired) electrons. The zero-order chi connectivity index (χ0) is 14.7. The summed E-state index contributed by atoms with van der Waals surface area (Å²) < 4.78 is 6.84. The highest BCUT2D eigenvalue weighted by molar-refractivity contribution is 7.99. The quantitative estimate of drug-likeness (QED) is 0.749. The minimum Gasteiger partial charge on any atom is -0.379 e. The first-order valence-electron chi connectivity index (χ1n) is 7.06. The van der Waals surface area contributed by atoms with E-state index in [2.05, 4.69) is 15.2 Å². The third-order valence-corrected chi connectivity index (χ3v) is 4.59. The predicted octanol–water partition coefficient (Wildman–Crippen LogP) is -0.589. The molecule has 0 atom stereocenters.